The lowest BCUT2D eigenvalue weighted by molar-refractivity contribution is 1.07. The highest BCUT2D eigenvalue weighted by atomic mass is 15.3. The van der Waals surface area contributed by atoms with E-state index in [9.17, 15) is 0 Å². The van der Waals surface area contributed by atoms with Gasteiger partial charge in [0.1, 0.15) is 0 Å². The number of hydrogen-bond donors (Lipinski definition) is 0. The van der Waals surface area contributed by atoms with Crippen molar-refractivity contribution in [2.45, 2.75) is 0 Å². The lowest BCUT2D eigenvalue weighted by atomic mass is 9.98. The molecule has 0 saturated heterocycles. The predicted octanol–water partition coefficient (Wildman–Crippen LogP) is 18.0. The number of nitrogens with zero attached hydrogens (tertiary/aromatic N) is 7. The van der Waals surface area contributed by atoms with Crippen molar-refractivity contribution in [1.29, 1.82) is 0 Å². The van der Waals surface area contributed by atoms with E-state index in [4.69, 9.17) is 15.0 Å². The first-order valence-electron chi connectivity index (χ1n) is 25.7. The van der Waals surface area contributed by atoms with Gasteiger partial charge in [0.25, 0.3) is 0 Å². The Labute approximate surface area is 439 Å². The van der Waals surface area contributed by atoms with Crippen molar-refractivity contribution in [3.63, 3.8) is 0 Å². The van der Waals surface area contributed by atoms with Gasteiger partial charge in [-0.25, -0.2) is 15.0 Å². The van der Waals surface area contributed by atoms with Gasteiger partial charge in [0.15, 0.2) is 17.5 Å². The molecular formula is C69H45N7. The molecule has 7 nitrogen and oxygen atoms in total. The molecule has 11 aromatic carbocycles. The standard InChI is InChI=1S/C69H45N7/c1-6-22-46(23-7-1)49-28-20-34-53(44-49)73-57-38-18-16-36-55(57)63-59(73)40-42-61-65(63)75(51-30-12-4-13-31-51)62-43-41-60-64(66(62)76(61)52-32-14-5-15-33-52)56-37-17-19-39-58(56)74(60)54-35-21-29-50(45-54)69-71-67(47-24-8-2-9-25-47)70-68(72-69)48-26-10-3-11-27-48/h1-45H. The second kappa shape index (κ2) is 17.7. The molecule has 0 spiro atoms. The summed E-state index contributed by atoms with van der Waals surface area (Å²) in [5, 5.41) is 4.65. The zero-order chi connectivity index (χ0) is 50.1. The molecule has 0 radical (unpaired) electrons. The minimum atomic E-state index is 0.606. The van der Waals surface area contributed by atoms with E-state index in [1.807, 2.05) is 60.7 Å². The zero-order valence-electron chi connectivity index (χ0n) is 41.1. The summed E-state index contributed by atoms with van der Waals surface area (Å²) in [5.74, 6) is 1.86. The summed E-state index contributed by atoms with van der Waals surface area (Å²) < 4.78 is 4.84. The van der Waals surface area contributed by atoms with E-state index in [1.54, 1.807) is 0 Å². The molecule has 0 fully saturated rings. The molecule has 0 bridgehead atoms. The van der Waals surface area contributed by atoms with Gasteiger partial charge in [0.2, 0.25) is 0 Å². The Morgan fingerprint density at radius 2 is 0.579 bits per heavy atom. The van der Waals surface area contributed by atoms with Gasteiger partial charge in [0, 0.05) is 61.0 Å². The number of rotatable bonds is 8. The van der Waals surface area contributed by atoms with Crippen LogP contribution in [0.3, 0.4) is 0 Å². The third-order valence-electron chi connectivity index (χ3n) is 14.8. The normalized spacial score (nSPS) is 12.2. The van der Waals surface area contributed by atoms with Crippen LogP contribution in [0.1, 0.15) is 0 Å². The van der Waals surface area contributed by atoms with Gasteiger partial charge in [-0.1, -0.05) is 188 Å². The summed E-state index contributed by atoms with van der Waals surface area (Å²) in [4.78, 5) is 20.3. The van der Waals surface area contributed by atoms with E-state index in [-0.39, 0.29) is 0 Å². The zero-order valence-corrected chi connectivity index (χ0v) is 41.1. The second-order valence-corrected chi connectivity index (χ2v) is 19.2. The van der Waals surface area contributed by atoms with E-state index in [2.05, 4.69) is 231 Å². The number of fused-ring (bicyclic) bond motifs is 10. The second-order valence-electron chi connectivity index (χ2n) is 19.2. The van der Waals surface area contributed by atoms with Crippen LogP contribution in [0.15, 0.2) is 273 Å². The molecule has 1 aliphatic heterocycles. The molecule has 3 aromatic heterocycles. The highest BCUT2D eigenvalue weighted by molar-refractivity contribution is 6.26. The topological polar surface area (TPSA) is 55.0 Å². The Hall–Kier alpha value is -10.4. The molecule has 0 unspecified atom stereocenters. The highest BCUT2D eigenvalue weighted by Crippen LogP contribution is 2.60. The fraction of sp³-hybridized carbons (Fsp3) is 0. The van der Waals surface area contributed by atoms with E-state index >= 15 is 0 Å². The summed E-state index contributed by atoms with van der Waals surface area (Å²) >= 11 is 0. The smallest absolute Gasteiger partial charge is 0.164 e. The summed E-state index contributed by atoms with van der Waals surface area (Å²) in [6.07, 6.45) is 0. The van der Waals surface area contributed by atoms with Gasteiger partial charge in [-0.15, -0.1) is 0 Å². The Bertz CT molecular complexity index is 4460. The molecule has 14 aromatic rings. The molecule has 7 heteroatoms. The molecule has 356 valence electrons. The quantitative estimate of drug-likeness (QED) is 0.152. The van der Waals surface area contributed by atoms with Crippen LogP contribution in [0.2, 0.25) is 0 Å². The number of hydrogen-bond acceptors (Lipinski definition) is 5. The lowest BCUT2D eigenvalue weighted by Gasteiger charge is -2.41. The number of aromatic nitrogens is 5. The van der Waals surface area contributed by atoms with Gasteiger partial charge in [-0.3, -0.25) is 0 Å². The third kappa shape index (κ3) is 6.94. The van der Waals surface area contributed by atoms with Crippen molar-refractivity contribution < 1.29 is 0 Å². The van der Waals surface area contributed by atoms with Gasteiger partial charge < -0.3 is 18.9 Å². The number of para-hydroxylation sites is 4. The van der Waals surface area contributed by atoms with Crippen molar-refractivity contribution in [2.24, 2.45) is 0 Å². The van der Waals surface area contributed by atoms with Crippen molar-refractivity contribution in [2.75, 3.05) is 9.80 Å². The minimum absolute atomic E-state index is 0.606. The van der Waals surface area contributed by atoms with Crippen LogP contribution in [-0.4, -0.2) is 24.1 Å². The van der Waals surface area contributed by atoms with Crippen LogP contribution in [0.5, 0.6) is 0 Å². The van der Waals surface area contributed by atoms with Gasteiger partial charge in [-0.05, 0) is 96.1 Å². The minimum Gasteiger partial charge on any atom is -0.309 e. The first-order valence-corrected chi connectivity index (χ1v) is 25.7. The van der Waals surface area contributed by atoms with Crippen LogP contribution >= 0.6 is 0 Å². The maximum Gasteiger partial charge on any atom is 0.164 e. The van der Waals surface area contributed by atoms with E-state index in [0.29, 0.717) is 17.5 Å². The molecular weight excluding hydrogens is 927 g/mol. The number of benzene rings is 11. The SMILES string of the molecule is c1ccc(-c2cccc(-n3c4ccccc4c4c5c(ccc43)N(c3ccccc3)c3c(ccc4c3c3ccccc3n4-c3cccc(-c4nc(-c6ccccc6)nc(-c6ccccc6)n4)c3)N5c3ccccc3)c2)cc1. The summed E-state index contributed by atoms with van der Waals surface area (Å²) in [7, 11) is 0. The van der Waals surface area contributed by atoms with Gasteiger partial charge in [0.05, 0.1) is 44.8 Å². The van der Waals surface area contributed by atoms with Crippen molar-refractivity contribution in [1.82, 2.24) is 24.1 Å². The Kier molecular flexibility index (Phi) is 10.1. The van der Waals surface area contributed by atoms with Crippen LogP contribution in [0.25, 0.3) is 100 Å². The van der Waals surface area contributed by atoms with Gasteiger partial charge >= 0.3 is 0 Å². The monoisotopic (exact) mass is 971 g/mol. The van der Waals surface area contributed by atoms with Crippen molar-refractivity contribution in [3.8, 4) is 56.7 Å². The Morgan fingerprint density at radius 3 is 1.04 bits per heavy atom. The maximum absolute atomic E-state index is 5.14. The van der Waals surface area contributed by atoms with E-state index in [1.165, 1.54) is 21.9 Å². The van der Waals surface area contributed by atoms with Crippen LogP contribution in [0, 0.1) is 0 Å². The van der Waals surface area contributed by atoms with Crippen molar-refractivity contribution >= 4 is 77.7 Å². The van der Waals surface area contributed by atoms with E-state index < -0.39 is 0 Å². The lowest BCUT2D eigenvalue weighted by Crippen LogP contribution is -2.24. The molecule has 0 saturated carbocycles. The summed E-state index contributed by atoms with van der Waals surface area (Å²) in [5.41, 5.74) is 18.2. The molecule has 0 atom stereocenters. The average molecular weight is 972 g/mol. The fourth-order valence-corrected chi connectivity index (χ4v) is 11.5. The van der Waals surface area contributed by atoms with Crippen LogP contribution in [-0.2, 0) is 0 Å². The largest absolute Gasteiger partial charge is 0.309 e. The molecule has 4 heterocycles. The Morgan fingerprint density at radius 1 is 0.237 bits per heavy atom. The molecule has 76 heavy (non-hydrogen) atoms. The average Bonchev–Trinajstić information content (AvgIpc) is 4.09. The fourth-order valence-electron chi connectivity index (χ4n) is 11.5. The third-order valence-corrected chi connectivity index (χ3v) is 14.8. The molecule has 1 aliphatic rings. The molecule has 15 rings (SSSR count). The maximum atomic E-state index is 5.14. The van der Waals surface area contributed by atoms with Crippen LogP contribution < -0.4 is 9.80 Å². The van der Waals surface area contributed by atoms with E-state index in [0.717, 1.165) is 95.0 Å². The molecule has 0 N–H and O–H groups in total. The highest BCUT2D eigenvalue weighted by Gasteiger charge is 2.36. The molecule has 0 amide bonds. The summed E-state index contributed by atoms with van der Waals surface area (Å²) in [6.45, 7) is 0. The van der Waals surface area contributed by atoms with Crippen molar-refractivity contribution in [3.05, 3.63) is 273 Å². The van der Waals surface area contributed by atoms with Crippen LogP contribution in [0.4, 0.5) is 34.1 Å². The summed E-state index contributed by atoms with van der Waals surface area (Å²) in [6, 6.07) is 97.2. The first-order chi connectivity index (χ1) is 37.7. The number of anilines is 6. The first kappa shape index (κ1) is 43.2. The van der Waals surface area contributed by atoms with Gasteiger partial charge in [-0.2, -0.15) is 0 Å². The predicted molar refractivity (Wildman–Crippen MR) is 313 cm³/mol. The Balaban J connectivity index is 0.982. The molecule has 0 aliphatic carbocycles.